The Bertz CT molecular complexity index is 450. The Kier molecular flexibility index (Phi) is 2.44. The highest BCUT2D eigenvalue weighted by molar-refractivity contribution is 14.1. The van der Waals surface area contributed by atoms with Gasteiger partial charge >= 0.3 is 0 Å². The van der Waals surface area contributed by atoms with Gasteiger partial charge in [-0.2, -0.15) is 0 Å². The summed E-state index contributed by atoms with van der Waals surface area (Å²) in [5.74, 6) is 0.216. The number of hydrogen-bond donors (Lipinski definition) is 2. The molecule has 13 heavy (non-hydrogen) atoms. The normalized spacial score (nSPS) is 10.9. The molecule has 0 aliphatic rings. The molecule has 2 N–H and O–H groups in total. The molecule has 2 rings (SSSR count). The Balaban J connectivity index is 2.80. The Labute approximate surface area is 93.0 Å². The van der Waals surface area contributed by atoms with Crippen molar-refractivity contribution in [1.82, 2.24) is 0 Å². The van der Waals surface area contributed by atoms with E-state index < -0.39 is 0 Å². The fourth-order valence-electron chi connectivity index (χ4n) is 1.22. The Morgan fingerprint density at radius 2 is 2.15 bits per heavy atom. The molecule has 1 aromatic heterocycles. The van der Waals surface area contributed by atoms with Gasteiger partial charge < -0.3 is 10.2 Å². The second kappa shape index (κ2) is 3.43. The number of phenols is 1. The fourth-order valence-corrected chi connectivity index (χ4v) is 3.13. The predicted octanol–water partition coefficient (Wildman–Crippen LogP) is 2.70. The number of aliphatic hydroxyl groups is 1. The maximum atomic E-state index is 9.71. The lowest BCUT2D eigenvalue weighted by molar-refractivity contribution is 0.276. The molecule has 4 heteroatoms. The van der Waals surface area contributed by atoms with E-state index in [1.807, 2.05) is 11.4 Å². The van der Waals surface area contributed by atoms with Gasteiger partial charge in [0.15, 0.2) is 0 Å². The second-order valence-electron chi connectivity index (χ2n) is 2.69. The van der Waals surface area contributed by atoms with Crippen LogP contribution in [0.4, 0.5) is 0 Å². The van der Waals surface area contributed by atoms with Crippen molar-refractivity contribution in [2.24, 2.45) is 0 Å². The molecule has 0 saturated carbocycles. The first kappa shape index (κ1) is 9.23. The molecule has 0 aliphatic heterocycles. The largest absolute Gasteiger partial charge is 0.506 e. The van der Waals surface area contributed by atoms with Crippen LogP contribution in [-0.2, 0) is 6.61 Å². The third-order valence-corrected chi connectivity index (χ3v) is 4.24. The van der Waals surface area contributed by atoms with Crippen molar-refractivity contribution in [3.63, 3.8) is 0 Å². The quantitative estimate of drug-likeness (QED) is 0.795. The van der Waals surface area contributed by atoms with Gasteiger partial charge in [0.05, 0.1) is 11.3 Å². The van der Waals surface area contributed by atoms with Gasteiger partial charge in [-0.1, -0.05) is 12.1 Å². The highest BCUT2D eigenvalue weighted by atomic mass is 127. The summed E-state index contributed by atoms with van der Waals surface area (Å²) in [6, 6.07) is 3.69. The van der Waals surface area contributed by atoms with Gasteiger partial charge in [-0.05, 0) is 22.6 Å². The number of fused-ring (bicyclic) bond motifs is 1. The van der Waals surface area contributed by atoms with Gasteiger partial charge in [-0.25, -0.2) is 0 Å². The molecule has 0 bridgehead atoms. The lowest BCUT2D eigenvalue weighted by atomic mass is 10.1. The van der Waals surface area contributed by atoms with Crippen LogP contribution in [0.1, 0.15) is 5.56 Å². The van der Waals surface area contributed by atoms with Crippen LogP contribution in [0.15, 0.2) is 17.5 Å². The van der Waals surface area contributed by atoms with Crippen molar-refractivity contribution in [3.8, 4) is 5.75 Å². The van der Waals surface area contributed by atoms with Crippen molar-refractivity contribution in [2.45, 2.75) is 6.61 Å². The monoisotopic (exact) mass is 306 g/mol. The maximum Gasteiger partial charge on any atom is 0.138 e. The summed E-state index contributed by atoms with van der Waals surface area (Å²) in [4.78, 5) is 0. The SMILES string of the molecule is OCc1ccc2c(I)csc2c1O. The van der Waals surface area contributed by atoms with Crippen LogP contribution in [0, 0.1) is 3.57 Å². The van der Waals surface area contributed by atoms with E-state index in [2.05, 4.69) is 22.6 Å². The molecule has 1 aromatic carbocycles. The highest BCUT2D eigenvalue weighted by Crippen LogP contribution is 2.36. The lowest BCUT2D eigenvalue weighted by Gasteiger charge is -2.01. The van der Waals surface area contributed by atoms with Gasteiger partial charge in [0.25, 0.3) is 0 Å². The summed E-state index contributed by atoms with van der Waals surface area (Å²) in [6.07, 6.45) is 0. The van der Waals surface area contributed by atoms with Crippen LogP contribution in [0.2, 0.25) is 0 Å². The number of benzene rings is 1. The van der Waals surface area contributed by atoms with Crippen molar-refractivity contribution >= 4 is 44.0 Å². The Morgan fingerprint density at radius 3 is 2.85 bits per heavy atom. The van der Waals surface area contributed by atoms with Crippen LogP contribution in [0.25, 0.3) is 10.1 Å². The first-order chi connectivity index (χ1) is 6.24. The molecular formula is C9H7IO2S. The Hall–Kier alpha value is -0.330. The molecule has 68 valence electrons. The first-order valence-corrected chi connectivity index (χ1v) is 5.68. The van der Waals surface area contributed by atoms with E-state index in [-0.39, 0.29) is 12.4 Å². The van der Waals surface area contributed by atoms with Crippen LogP contribution in [-0.4, -0.2) is 10.2 Å². The summed E-state index contributed by atoms with van der Waals surface area (Å²) >= 11 is 3.73. The van der Waals surface area contributed by atoms with Gasteiger partial charge in [-0.3, -0.25) is 0 Å². The highest BCUT2D eigenvalue weighted by Gasteiger charge is 2.08. The molecular weight excluding hydrogens is 299 g/mol. The van der Waals surface area contributed by atoms with E-state index in [9.17, 15) is 5.11 Å². The minimum absolute atomic E-state index is 0.115. The summed E-state index contributed by atoms with van der Waals surface area (Å²) < 4.78 is 1.99. The number of thiophene rings is 1. The number of halogens is 1. The second-order valence-corrected chi connectivity index (χ2v) is 4.73. The van der Waals surface area contributed by atoms with Crippen LogP contribution in [0.5, 0.6) is 5.75 Å². The van der Waals surface area contributed by atoms with Crippen LogP contribution < -0.4 is 0 Å². The number of hydrogen-bond acceptors (Lipinski definition) is 3. The van der Waals surface area contributed by atoms with E-state index in [1.54, 1.807) is 6.07 Å². The first-order valence-electron chi connectivity index (χ1n) is 3.72. The number of aromatic hydroxyl groups is 1. The van der Waals surface area contributed by atoms with E-state index >= 15 is 0 Å². The van der Waals surface area contributed by atoms with Gasteiger partial charge in [0, 0.05) is 19.9 Å². The molecule has 0 radical (unpaired) electrons. The molecule has 1 heterocycles. The maximum absolute atomic E-state index is 9.71. The number of rotatable bonds is 1. The summed E-state index contributed by atoms with van der Waals surface area (Å²) in [7, 11) is 0. The molecule has 0 atom stereocenters. The molecule has 0 spiro atoms. The molecule has 0 fully saturated rings. The van der Waals surface area contributed by atoms with Crippen molar-refractivity contribution in [2.75, 3.05) is 0 Å². The third-order valence-electron chi connectivity index (χ3n) is 1.92. The van der Waals surface area contributed by atoms with Crippen molar-refractivity contribution in [1.29, 1.82) is 0 Å². The van der Waals surface area contributed by atoms with Crippen LogP contribution in [0.3, 0.4) is 0 Å². The van der Waals surface area contributed by atoms with E-state index in [4.69, 9.17) is 5.11 Å². The molecule has 2 aromatic rings. The average Bonchev–Trinajstić information content (AvgIpc) is 2.50. The van der Waals surface area contributed by atoms with E-state index in [1.165, 1.54) is 11.3 Å². The minimum Gasteiger partial charge on any atom is -0.506 e. The number of aliphatic hydroxyl groups excluding tert-OH is 1. The summed E-state index contributed by atoms with van der Waals surface area (Å²) in [6.45, 7) is -0.115. The molecule has 0 amide bonds. The van der Waals surface area contributed by atoms with Crippen LogP contribution >= 0.6 is 33.9 Å². The molecule has 2 nitrogen and oxygen atoms in total. The lowest BCUT2D eigenvalue weighted by Crippen LogP contribution is -1.83. The van der Waals surface area contributed by atoms with Crippen molar-refractivity contribution in [3.05, 3.63) is 26.6 Å². The minimum atomic E-state index is -0.115. The van der Waals surface area contributed by atoms with E-state index in [0.29, 0.717) is 5.56 Å². The topological polar surface area (TPSA) is 40.5 Å². The predicted molar refractivity (Wildman–Crippen MR) is 62.1 cm³/mol. The zero-order valence-electron chi connectivity index (χ0n) is 6.62. The van der Waals surface area contributed by atoms with E-state index in [0.717, 1.165) is 13.7 Å². The zero-order valence-corrected chi connectivity index (χ0v) is 9.59. The average molecular weight is 306 g/mol. The van der Waals surface area contributed by atoms with Gasteiger partial charge in [-0.15, -0.1) is 11.3 Å². The standard InChI is InChI=1S/C9H7IO2S/c10-7-4-13-9-6(7)2-1-5(3-11)8(9)12/h1-2,4,11-12H,3H2. The molecule has 0 saturated heterocycles. The fraction of sp³-hybridized carbons (Fsp3) is 0.111. The molecule has 0 aliphatic carbocycles. The summed E-state index contributed by atoms with van der Waals surface area (Å²) in [5.41, 5.74) is 0.589. The molecule has 0 unspecified atom stereocenters. The summed E-state index contributed by atoms with van der Waals surface area (Å²) in [5, 5.41) is 21.7. The third kappa shape index (κ3) is 1.43. The van der Waals surface area contributed by atoms with Gasteiger partial charge in [0.1, 0.15) is 5.75 Å². The van der Waals surface area contributed by atoms with Crippen molar-refractivity contribution < 1.29 is 10.2 Å². The zero-order chi connectivity index (χ0) is 9.42. The Morgan fingerprint density at radius 1 is 1.38 bits per heavy atom. The van der Waals surface area contributed by atoms with Gasteiger partial charge in [0.2, 0.25) is 0 Å². The smallest absolute Gasteiger partial charge is 0.138 e.